The molecule has 0 bridgehead atoms. The van der Waals surface area contributed by atoms with E-state index in [4.69, 9.17) is 21.4 Å². The highest BCUT2D eigenvalue weighted by atomic mass is 35.5. The van der Waals surface area contributed by atoms with Crippen molar-refractivity contribution in [2.24, 2.45) is 0 Å². The third kappa shape index (κ3) is 3.80. The number of amidine groups is 1. The molecule has 0 unspecified atom stereocenters. The highest BCUT2D eigenvalue weighted by molar-refractivity contribution is 8.19. The number of furan rings is 1. The number of carbonyl (C=O) groups excluding carboxylic acids is 2. The predicted octanol–water partition coefficient (Wildman–Crippen LogP) is 4.00. The van der Waals surface area contributed by atoms with Gasteiger partial charge in [0, 0.05) is 23.6 Å². The van der Waals surface area contributed by atoms with Crippen molar-refractivity contribution in [3.63, 3.8) is 0 Å². The van der Waals surface area contributed by atoms with Crippen LogP contribution >= 0.6 is 23.4 Å². The molecule has 2 aromatic heterocycles. The molecule has 11 heteroatoms. The minimum absolute atomic E-state index is 0.0429. The summed E-state index contributed by atoms with van der Waals surface area (Å²) in [6, 6.07) is 10.7. The van der Waals surface area contributed by atoms with E-state index in [9.17, 15) is 9.59 Å². The molecule has 2 amide bonds. The molecule has 146 valence electrons. The average molecular weight is 430 g/mol. The van der Waals surface area contributed by atoms with E-state index in [0.29, 0.717) is 16.5 Å². The fourth-order valence-corrected chi connectivity index (χ4v) is 3.63. The lowest BCUT2D eigenvalue weighted by Gasteiger charge is -2.10. The summed E-state index contributed by atoms with van der Waals surface area (Å²) in [5.41, 5.74) is 0.801. The normalized spacial score (nSPS) is 15.4. The Hall–Kier alpha value is -3.37. The molecule has 0 radical (unpaired) electrons. The second-order valence-electron chi connectivity index (χ2n) is 5.89. The SMILES string of the molecule is CC(=O)Nc1nonc1N1C(=N)SC(=Cc2ccc(-c3cccc(Cl)c3)o2)C1=O. The Balaban J connectivity index is 1.60. The summed E-state index contributed by atoms with van der Waals surface area (Å²) in [4.78, 5) is 25.3. The molecule has 9 nitrogen and oxygen atoms in total. The molecule has 2 N–H and O–H groups in total. The molecular formula is C18H12ClN5O4S. The van der Waals surface area contributed by atoms with Gasteiger partial charge in [0.2, 0.25) is 17.5 Å². The minimum atomic E-state index is -0.511. The lowest BCUT2D eigenvalue weighted by Crippen LogP contribution is -2.29. The lowest BCUT2D eigenvalue weighted by molar-refractivity contribution is -0.114. The summed E-state index contributed by atoms with van der Waals surface area (Å²) in [7, 11) is 0. The zero-order chi connectivity index (χ0) is 20.5. The quantitative estimate of drug-likeness (QED) is 0.600. The number of halogens is 1. The van der Waals surface area contributed by atoms with E-state index in [1.165, 1.54) is 13.0 Å². The third-order valence-corrected chi connectivity index (χ3v) is 4.93. The van der Waals surface area contributed by atoms with E-state index in [1.54, 1.807) is 24.3 Å². The zero-order valence-electron chi connectivity index (χ0n) is 14.8. The predicted molar refractivity (Wildman–Crippen MR) is 109 cm³/mol. The molecule has 3 aromatic rings. The van der Waals surface area contributed by atoms with Crippen molar-refractivity contribution in [1.82, 2.24) is 10.3 Å². The van der Waals surface area contributed by atoms with Crippen molar-refractivity contribution in [3.8, 4) is 11.3 Å². The first kappa shape index (κ1) is 19.0. The van der Waals surface area contributed by atoms with Crippen LogP contribution in [0, 0.1) is 5.41 Å². The first-order valence-electron chi connectivity index (χ1n) is 8.21. The summed E-state index contributed by atoms with van der Waals surface area (Å²) in [6.07, 6.45) is 1.53. The number of amides is 2. The van der Waals surface area contributed by atoms with Gasteiger partial charge in [-0.3, -0.25) is 15.0 Å². The number of aromatic nitrogens is 2. The smallest absolute Gasteiger partial charge is 0.272 e. The van der Waals surface area contributed by atoms with Gasteiger partial charge in [-0.05, 0) is 46.3 Å². The van der Waals surface area contributed by atoms with Crippen LogP contribution in [0.4, 0.5) is 11.6 Å². The Labute approximate surface area is 173 Å². The topological polar surface area (TPSA) is 125 Å². The number of nitrogens with one attached hydrogen (secondary N) is 2. The lowest BCUT2D eigenvalue weighted by atomic mass is 10.2. The summed E-state index contributed by atoms with van der Waals surface area (Å²) < 4.78 is 10.4. The van der Waals surface area contributed by atoms with Crippen LogP contribution in [0.15, 0.2) is 50.3 Å². The van der Waals surface area contributed by atoms with Crippen LogP contribution in [0.3, 0.4) is 0 Å². The van der Waals surface area contributed by atoms with E-state index >= 15 is 0 Å². The maximum absolute atomic E-state index is 12.8. The number of hydrogen-bond donors (Lipinski definition) is 2. The molecule has 4 rings (SSSR count). The van der Waals surface area contributed by atoms with Gasteiger partial charge in [0.05, 0.1) is 4.91 Å². The van der Waals surface area contributed by atoms with Crippen LogP contribution in [0.5, 0.6) is 0 Å². The minimum Gasteiger partial charge on any atom is -0.457 e. The average Bonchev–Trinajstić information content (AvgIpc) is 3.36. The molecule has 0 saturated carbocycles. The number of hydrogen-bond acceptors (Lipinski definition) is 8. The number of rotatable bonds is 4. The molecule has 3 heterocycles. The second kappa shape index (κ2) is 7.57. The molecule has 1 saturated heterocycles. The van der Waals surface area contributed by atoms with Crippen molar-refractivity contribution in [2.45, 2.75) is 6.92 Å². The number of thioether (sulfide) groups is 1. The van der Waals surface area contributed by atoms with Gasteiger partial charge >= 0.3 is 0 Å². The van der Waals surface area contributed by atoms with E-state index in [1.807, 2.05) is 12.1 Å². The van der Waals surface area contributed by atoms with Crippen LogP contribution in [0.25, 0.3) is 17.4 Å². The van der Waals surface area contributed by atoms with Gasteiger partial charge < -0.3 is 9.73 Å². The molecule has 1 aliphatic rings. The number of nitrogens with zero attached hydrogens (tertiary/aromatic N) is 3. The van der Waals surface area contributed by atoms with Crippen molar-refractivity contribution >= 4 is 58.1 Å². The summed E-state index contributed by atoms with van der Waals surface area (Å²) in [5, 5.41) is 18.2. The molecular weight excluding hydrogens is 418 g/mol. The third-order valence-electron chi connectivity index (χ3n) is 3.81. The second-order valence-corrected chi connectivity index (χ2v) is 7.35. The summed E-state index contributed by atoms with van der Waals surface area (Å²) in [6.45, 7) is 1.28. The van der Waals surface area contributed by atoms with Gasteiger partial charge in [-0.25, -0.2) is 9.53 Å². The van der Waals surface area contributed by atoms with E-state index < -0.39 is 11.8 Å². The molecule has 0 atom stereocenters. The van der Waals surface area contributed by atoms with Crippen LogP contribution < -0.4 is 10.2 Å². The highest BCUT2D eigenvalue weighted by Gasteiger charge is 2.38. The zero-order valence-corrected chi connectivity index (χ0v) is 16.4. The maximum atomic E-state index is 12.8. The Bertz CT molecular complexity index is 1170. The highest BCUT2D eigenvalue weighted by Crippen LogP contribution is 2.37. The first-order chi connectivity index (χ1) is 13.9. The molecule has 1 aromatic carbocycles. The van der Waals surface area contributed by atoms with Crippen LogP contribution in [-0.2, 0) is 9.59 Å². The fourth-order valence-electron chi connectivity index (χ4n) is 2.61. The summed E-state index contributed by atoms with van der Waals surface area (Å²) >= 11 is 6.94. The first-order valence-corrected chi connectivity index (χ1v) is 9.40. The Morgan fingerprint density at radius 2 is 2.14 bits per heavy atom. The molecule has 29 heavy (non-hydrogen) atoms. The van der Waals surface area contributed by atoms with E-state index in [2.05, 4.69) is 20.3 Å². The monoisotopic (exact) mass is 429 g/mol. The Kier molecular flexibility index (Phi) is 4.95. The number of benzene rings is 1. The van der Waals surface area contributed by atoms with Crippen LogP contribution in [-0.4, -0.2) is 27.3 Å². The molecule has 0 aliphatic carbocycles. The molecule has 1 fully saturated rings. The van der Waals surface area contributed by atoms with Crippen molar-refractivity contribution in [3.05, 3.63) is 52.1 Å². The van der Waals surface area contributed by atoms with Crippen molar-refractivity contribution < 1.29 is 18.6 Å². The Morgan fingerprint density at radius 1 is 1.31 bits per heavy atom. The summed E-state index contributed by atoms with van der Waals surface area (Å²) in [5.74, 6) is 0.000692. The largest absolute Gasteiger partial charge is 0.457 e. The molecule has 1 aliphatic heterocycles. The maximum Gasteiger partial charge on any atom is 0.272 e. The molecule has 0 spiro atoms. The van der Waals surface area contributed by atoms with E-state index in [-0.39, 0.29) is 21.7 Å². The number of carbonyl (C=O) groups is 2. The number of anilines is 2. The van der Waals surface area contributed by atoms with Crippen molar-refractivity contribution in [1.29, 1.82) is 5.41 Å². The fraction of sp³-hybridized carbons (Fsp3) is 0.0556. The van der Waals surface area contributed by atoms with Crippen LogP contribution in [0.1, 0.15) is 12.7 Å². The Morgan fingerprint density at radius 3 is 2.90 bits per heavy atom. The van der Waals surface area contributed by atoms with Crippen LogP contribution in [0.2, 0.25) is 5.02 Å². The van der Waals surface area contributed by atoms with Gasteiger partial charge in [0.15, 0.2) is 5.17 Å². The van der Waals surface area contributed by atoms with E-state index in [0.717, 1.165) is 22.2 Å². The standard InChI is InChI=1S/C18H12ClN5O4S/c1-9(25)21-15-16(23-28-22-15)24-17(26)14(29-18(24)20)8-12-5-6-13(27-12)10-3-2-4-11(19)7-10/h2-8,20H,1H3,(H,21,22,25). The van der Waals surface area contributed by atoms with Gasteiger partial charge in [0.1, 0.15) is 11.5 Å². The van der Waals surface area contributed by atoms with Gasteiger partial charge in [0.25, 0.3) is 5.91 Å². The van der Waals surface area contributed by atoms with Gasteiger partial charge in [-0.2, -0.15) is 0 Å². The van der Waals surface area contributed by atoms with Crippen molar-refractivity contribution in [2.75, 3.05) is 10.2 Å². The van der Waals surface area contributed by atoms with Gasteiger partial charge in [-0.15, -0.1) is 0 Å². The van der Waals surface area contributed by atoms with Gasteiger partial charge in [-0.1, -0.05) is 23.7 Å².